The molecule has 1 aliphatic rings. The molecule has 0 spiro atoms. The molecule has 0 saturated heterocycles. The SMILES string of the molecule is CC(C)(CN)NC(=O)C1CCC(F)(F)CC1. The molecule has 0 aromatic rings. The summed E-state index contributed by atoms with van der Waals surface area (Å²) in [4.78, 5) is 11.8. The summed E-state index contributed by atoms with van der Waals surface area (Å²) in [6, 6.07) is 0. The van der Waals surface area contributed by atoms with Crippen LogP contribution in [0.25, 0.3) is 0 Å². The number of alkyl halides is 2. The Morgan fingerprint density at radius 1 is 1.44 bits per heavy atom. The van der Waals surface area contributed by atoms with Crippen LogP contribution in [0.1, 0.15) is 39.5 Å². The highest BCUT2D eigenvalue weighted by atomic mass is 19.3. The minimum atomic E-state index is -2.58. The molecule has 0 heterocycles. The maximum absolute atomic E-state index is 12.9. The van der Waals surface area contributed by atoms with E-state index in [1.807, 2.05) is 13.8 Å². The summed E-state index contributed by atoms with van der Waals surface area (Å²) >= 11 is 0. The summed E-state index contributed by atoms with van der Waals surface area (Å²) in [5.41, 5.74) is 5.03. The van der Waals surface area contributed by atoms with E-state index in [9.17, 15) is 13.6 Å². The molecule has 16 heavy (non-hydrogen) atoms. The molecule has 94 valence electrons. The van der Waals surface area contributed by atoms with Crippen molar-refractivity contribution in [1.82, 2.24) is 5.32 Å². The van der Waals surface area contributed by atoms with Crippen LogP contribution < -0.4 is 11.1 Å². The molecule has 1 aliphatic carbocycles. The third-order valence-corrected chi connectivity index (χ3v) is 3.06. The fourth-order valence-electron chi connectivity index (χ4n) is 1.79. The number of amides is 1. The molecule has 0 aliphatic heterocycles. The van der Waals surface area contributed by atoms with E-state index in [0.29, 0.717) is 6.54 Å². The maximum atomic E-state index is 12.9. The highest BCUT2D eigenvalue weighted by Crippen LogP contribution is 2.36. The monoisotopic (exact) mass is 234 g/mol. The summed E-state index contributed by atoms with van der Waals surface area (Å²) < 4.78 is 25.8. The first-order valence-electron chi connectivity index (χ1n) is 5.66. The number of carbonyl (C=O) groups excluding carboxylic acids is 1. The van der Waals surface area contributed by atoms with Gasteiger partial charge in [-0.3, -0.25) is 4.79 Å². The minimum Gasteiger partial charge on any atom is -0.350 e. The van der Waals surface area contributed by atoms with Crippen molar-refractivity contribution in [2.75, 3.05) is 6.54 Å². The molecule has 0 aromatic heterocycles. The Morgan fingerprint density at radius 2 is 1.94 bits per heavy atom. The van der Waals surface area contributed by atoms with Crippen molar-refractivity contribution in [3.05, 3.63) is 0 Å². The van der Waals surface area contributed by atoms with Crippen LogP contribution in [-0.4, -0.2) is 23.9 Å². The molecule has 0 radical (unpaired) electrons. The second-order valence-corrected chi connectivity index (χ2v) is 5.21. The van der Waals surface area contributed by atoms with Gasteiger partial charge in [-0.1, -0.05) is 0 Å². The largest absolute Gasteiger partial charge is 0.350 e. The average molecular weight is 234 g/mol. The molecule has 3 N–H and O–H groups in total. The lowest BCUT2D eigenvalue weighted by atomic mass is 9.85. The normalized spacial score (nSPS) is 21.8. The number of nitrogens with two attached hydrogens (primary N) is 1. The smallest absolute Gasteiger partial charge is 0.248 e. The third kappa shape index (κ3) is 3.70. The molecule has 1 saturated carbocycles. The quantitative estimate of drug-likeness (QED) is 0.780. The number of hydrogen-bond donors (Lipinski definition) is 2. The summed E-state index contributed by atoms with van der Waals surface area (Å²) in [5.74, 6) is -3.02. The van der Waals surface area contributed by atoms with Crippen molar-refractivity contribution < 1.29 is 13.6 Å². The molecule has 0 atom stereocenters. The number of halogens is 2. The van der Waals surface area contributed by atoms with Crippen LogP contribution in [0, 0.1) is 5.92 Å². The van der Waals surface area contributed by atoms with Crippen LogP contribution in [0.4, 0.5) is 8.78 Å². The van der Waals surface area contributed by atoms with E-state index < -0.39 is 11.5 Å². The van der Waals surface area contributed by atoms with Crippen molar-refractivity contribution in [2.45, 2.75) is 51.0 Å². The van der Waals surface area contributed by atoms with Crippen LogP contribution in [0.15, 0.2) is 0 Å². The van der Waals surface area contributed by atoms with Gasteiger partial charge in [0.25, 0.3) is 0 Å². The van der Waals surface area contributed by atoms with Crippen LogP contribution in [-0.2, 0) is 4.79 Å². The summed E-state index contributed by atoms with van der Waals surface area (Å²) in [6.45, 7) is 3.98. The molecule has 5 heteroatoms. The van der Waals surface area contributed by atoms with E-state index in [1.165, 1.54) is 0 Å². The van der Waals surface area contributed by atoms with Crippen LogP contribution in [0.5, 0.6) is 0 Å². The Bertz CT molecular complexity index is 257. The van der Waals surface area contributed by atoms with Gasteiger partial charge < -0.3 is 11.1 Å². The Labute approximate surface area is 94.8 Å². The molecule has 0 bridgehead atoms. The molecular formula is C11H20F2N2O. The van der Waals surface area contributed by atoms with Crippen molar-refractivity contribution in [3.8, 4) is 0 Å². The van der Waals surface area contributed by atoms with Gasteiger partial charge in [0.2, 0.25) is 11.8 Å². The Morgan fingerprint density at radius 3 is 2.38 bits per heavy atom. The second-order valence-electron chi connectivity index (χ2n) is 5.21. The molecule has 0 unspecified atom stereocenters. The first-order valence-corrected chi connectivity index (χ1v) is 5.66. The molecule has 3 nitrogen and oxygen atoms in total. The zero-order valence-corrected chi connectivity index (χ0v) is 9.85. The van der Waals surface area contributed by atoms with Crippen LogP contribution in [0.3, 0.4) is 0 Å². The number of nitrogens with one attached hydrogen (secondary N) is 1. The number of hydrogen-bond acceptors (Lipinski definition) is 2. The van der Waals surface area contributed by atoms with E-state index >= 15 is 0 Å². The van der Waals surface area contributed by atoms with Gasteiger partial charge in [0.05, 0.1) is 0 Å². The molecule has 1 fully saturated rings. The third-order valence-electron chi connectivity index (χ3n) is 3.06. The fraction of sp³-hybridized carbons (Fsp3) is 0.909. The number of rotatable bonds is 3. The van der Waals surface area contributed by atoms with Gasteiger partial charge in [-0.2, -0.15) is 0 Å². The van der Waals surface area contributed by atoms with Crippen molar-refractivity contribution in [2.24, 2.45) is 11.7 Å². The predicted molar refractivity (Wildman–Crippen MR) is 58.2 cm³/mol. The molecule has 0 aromatic carbocycles. The van der Waals surface area contributed by atoms with E-state index in [4.69, 9.17) is 5.73 Å². The maximum Gasteiger partial charge on any atom is 0.248 e. The minimum absolute atomic E-state index is 0.147. The Kier molecular flexibility index (Phi) is 3.88. The summed E-state index contributed by atoms with van der Waals surface area (Å²) in [7, 11) is 0. The van der Waals surface area contributed by atoms with Gasteiger partial charge in [0.1, 0.15) is 0 Å². The first-order chi connectivity index (χ1) is 7.26. The molecule has 1 amide bonds. The summed E-state index contributed by atoms with van der Waals surface area (Å²) in [5, 5.41) is 2.79. The first kappa shape index (κ1) is 13.4. The second kappa shape index (κ2) is 4.65. The van der Waals surface area contributed by atoms with Gasteiger partial charge in [0.15, 0.2) is 0 Å². The number of carbonyl (C=O) groups is 1. The van der Waals surface area contributed by atoms with Gasteiger partial charge in [0, 0.05) is 30.8 Å². The lowest BCUT2D eigenvalue weighted by Crippen LogP contribution is -2.51. The van der Waals surface area contributed by atoms with E-state index in [1.54, 1.807) is 0 Å². The van der Waals surface area contributed by atoms with Gasteiger partial charge in [-0.05, 0) is 26.7 Å². The van der Waals surface area contributed by atoms with E-state index in [-0.39, 0.29) is 37.5 Å². The predicted octanol–water partition coefficient (Wildman–Crippen LogP) is 1.67. The fourth-order valence-corrected chi connectivity index (χ4v) is 1.79. The lowest BCUT2D eigenvalue weighted by molar-refractivity contribution is -0.130. The van der Waals surface area contributed by atoms with Gasteiger partial charge >= 0.3 is 0 Å². The van der Waals surface area contributed by atoms with Crippen molar-refractivity contribution in [3.63, 3.8) is 0 Å². The highest BCUT2D eigenvalue weighted by molar-refractivity contribution is 5.79. The standard InChI is InChI=1S/C11H20F2N2O/c1-10(2,7-14)15-9(16)8-3-5-11(12,13)6-4-8/h8H,3-7,14H2,1-2H3,(H,15,16). The van der Waals surface area contributed by atoms with Crippen molar-refractivity contribution in [1.29, 1.82) is 0 Å². The zero-order valence-electron chi connectivity index (χ0n) is 9.85. The van der Waals surface area contributed by atoms with E-state index in [0.717, 1.165) is 0 Å². The summed E-state index contributed by atoms with van der Waals surface area (Å²) in [6.07, 6.45) is 0.154. The Balaban J connectivity index is 2.45. The topological polar surface area (TPSA) is 55.1 Å². The highest BCUT2D eigenvalue weighted by Gasteiger charge is 2.38. The van der Waals surface area contributed by atoms with E-state index in [2.05, 4.69) is 5.32 Å². The van der Waals surface area contributed by atoms with Gasteiger partial charge in [-0.15, -0.1) is 0 Å². The average Bonchev–Trinajstić information content (AvgIpc) is 2.16. The molecular weight excluding hydrogens is 214 g/mol. The van der Waals surface area contributed by atoms with Crippen molar-refractivity contribution >= 4 is 5.91 Å². The lowest BCUT2D eigenvalue weighted by Gasteiger charge is -2.31. The van der Waals surface area contributed by atoms with Gasteiger partial charge in [-0.25, -0.2) is 8.78 Å². The molecule has 1 rings (SSSR count). The Hall–Kier alpha value is -0.710. The van der Waals surface area contributed by atoms with Crippen LogP contribution >= 0.6 is 0 Å². The zero-order chi connectivity index (χ0) is 12.4. The van der Waals surface area contributed by atoms with Crippen LogP contribution in [0.2, 0.25) is 0 Å².